The smallest absolute Gasteiger partial charge is 0.246 e. The number of aromatic nitrogens is 3. The molecule has 0 spiro atoms. The Bertz CT molecular complexity index is 833. The number of nitrogens with two attached hydrogens (primary N) is 1. The monoisotopic (exact) mass is 340 g/mol. The lowest BCUT2D eigenvalue weighted by molar-refractivity contribution is -0.127. The van der Waals surface area contributed by atoms with Gasteiger partial charge in [-0.25, -0.2) is 4.98 Å². The van der Waals surface area contributed by atoms with E-state index < -0.39 is 12.0 Å². The Balaban J connectivity index is 1.70. The number of allylic oxidation sites excluding steroid dienone is 1. The minimum atomic E-state index is -0.617. The zero-order valence-electron chi connectivity index (χ0n) is 14.6. The first-order valence-electron chi connectivity index (χ1n) is 9.05. The van der Waals surface area contributed by atoms with E-state index in [-0.39, 0.29) is 0 Å². The van der Waals surface area contributed by atoms with Crippen molar-refractivity contribution in [3.05, 3.63) is 35.6 Å². The normalized spacial score (nSPS) is 19.0. The average Bonchev–Trinajstić information content (AvgIpc) is 3.23. The highest BCUT2D eigenvalue weighted by Gasteiger charge is 2.26. The first kappa shape index (κ1) is 16.3. The number of imidazole rings is 1. The van der Waals surface area contributed by atoms with Gasteiger partial charge in [0.2, 0.25) is 5.91 Å². The minimum Gasteiger partial charge on any atom is -0.371 e. The molecule has 1 amide bonds. The summed E-state index contributed by atoms with van der Waals surface area (Å²) in [5, 5.41) is 0. The van der Waals surface area contributed by atoms with Crippen molar-refractivity contribution in [3.8, 4) is 0 Å². The van der Waals surface area contributed by atoms with Gasteiger partial charge in [0.25, 0.3) is 0 Å². The number of carbonyl (C=O) groups excluding carboxylic acids is 1. The number of methoxy groups -OCH3 is 1. The minimum absolute atomic E-state index is 0.439. The van der Waals surface area contributed by atoms with Crippen molar-refractivity contribution in [2.45, 2.75) is 57.0 Å². The molecule has 1 unspecified atom stereocenters. The van der Waals surface area contributed by atoms with E-state index in [0.29, 0.717) is 12.3 Å². The second-order valence-corrected chi connectivity index (χ2v) is 7.05. The Hall–Kier alpha value is -2.21. The van der Waals surface area contributed by atoms with Gasteiger partial charge < -0.3 is 10.5 Å². The lowest BCUT2D eigenvalue weighted by atomic mass is 9.87. The predicted molar refractivity (Wildman–Crippen MR) is 95.1 cm³/mol. The van der Waals surface area contributed by atoms with Gasteiger partial charge >= 0.3 is 0 Å². The summed E-state index contributed by atoms with van der Waals surface area (Å²) in [6.07, 6.45) is 13.1. The topological polar surface area (TPSA) is 82.5 Å². The van der Waals surface area contributed by atoms with Crippen molar-refractivity contribution < 1.29 is 9.53 Å². The van der Waals surface area contributed by atoms with Gasteiger partial charge in [0.05, 0.1) is 23.3 Å². The van der Waals surface area contributed by atoms with Gasteiger partial charge in [0, 0.05) is 32.1 Å². The first-order valence-corrected chi connectivity index (χ1v) is 9.05. The highest BCUT2D eigenvalue weighted by atomic mass is 16.5. The molecule has 6 nitrogen and oxygen atoms in total. The molecule has 0 radical (unpaired) electrons. The van der Waals surface area contributed by atoms with Crippen LogP contribution in [-0.4, -0.2) is 33.5 Å². The summed E-state index contributed by atoms with van der Waals surface area (Å²) < 4.78 is 7.38. The van der Waals surface area contributed by atoms with E-state index in [4.69, 9.17) is 15.5 Å². The number of hydrogen-bond acceptors (Lipinski definition) is 4. The Morgan fingerprint density at radius 1 is 1.40 bits per heavy atom. The van der Waals surface area contributed by atoms with E-state index in [9.17, 15) is 4.79 Å². The van der Waals surface area contributed by atoms with Crippen LogP contribution in [-0.2, 0) is 16.0 Å². The maximum absolute atomic E-state index is 11.5. The average molecular weight is 340 g/mol. The van der Waals surface area contributed by atoms with Crippen LogP contribution in [0.4, 0.5) is 0 Å². The summed E-state index contributed by atoms with van der Waals surface area (Å²) in [5.41, 5.74) is 10.6. The van der Waals surface area contributed by atoms with Crippen molar-refractivity contribution >= 4 is 17.1 Å². The summed E-state index contributed by atoms with van der Waals surface area (Å²) in [5.74, 6) is 0.112. The lowest BCUT2D eigenvalue weighted by Crippen LogP contribution is -2.30. The summed E-state index contributed by atoms with van der Waals surface area (Å²) in [7, 11) is 1.52. The fourth-order valence-electron chi connectivity index (χ4n) is 4.10. The van der Waals surface area contributed by atoms with E-state index in [2.05, 4.69) is 21.7 Å². The van der Waals surface area contributed by atoms with E-state index >= 15 is 0 Å². The second kappa shape index (κ2) is 6.59. The lowest BCUT2D eigenvalue weighted by Gasteiger charge is -2.19. The third-order valence-electron chi connectivity index (χ3n) is 5.48. The standard InChI is InChI=1S/C19H24N4O2/c1-25-16(19(20)24)9-13-7-8-14-18(13)23-11-15(22-17(23)10-21-14)12-5-3-2-4-6-12/h7,10-12,16H,2-6,8-9H2,1H3,(H2,20,24). The number of primary amides is 1. The summed E-state index contributed by atoms with van der Waals surface area (Å²) in [4.78, 5) is 21.0. The van der Waals surface area contributed by atoms with E-state index in [1.54, 1.807) is 0 Å². The molecule has 25 heavy (non-hydrogen) atoms. The van der Waals surface area contributed by atoms with Crippen LogP contribution in [0.15, 0.2) is 18.5 Å². The van der Waals surface area contributed by atoms with Crippen LogP contribution < -0.4 is 5.73 Å². The third-order valence-corrected chi connectivity index (χ3v) is 5.48. The Kier molecular flexibility index (Phi) is 4.29. The van der Waals surface area contributed by atoms with Crippen LogP contribution in [0.3, 0.4) is 0 Å². The molecule has 2 aliphatic rings. The van der Waals surface area contributed by atoms with Gasteiger partial charge in [-0.15, -0.1) is 0 Å². The van der Waals surface area contributed by atoms with Crippen molar-refractivity contribution in [2.24, 2.45) is 5.73 Å². The van der Waals surface area contributed by atoms with Crippen LogP contribution in [0, 0.1) is 0 Å². The summed E-state index contributed by atoms with van der Waals surface area (Å²) in [6.45, 7) is 0. The number of carbonyl (C=O) groups is 1. The van der Waals surface area contributed by atoms with Crippen molar-refractivity contribution in [3.63, 3.8) is 0 Å². The molecule has 0 aliphatic heterocycles. The number of nitrogens with zero attached hydrogens (tertiary/aromatic N) is 3. The number of fused-ring (bicyclic) bond motifs is 3. The second-order valence-electron chi connectivity index (χ2n) is 7.05. The maximum atomic E-state index is 11.5. The Morgan fingerprint density at radius 2 is 2.20 bits per heavy atom. The van der Waals surface area contributed by atoms with Crippen molar-refractivity contribution in [1.29, 1.82) is 0 Å². The Morgan fingerprint density at radius 3 is 2.92 bits per heavy atom. The van der Waals surface area contributed by atoms with Crippen molar-refractivity contribution in [2.75, 3.05) is 7.11 Å². The molecule has 1 fully saturated rings. The van der Waals surface area contributed by atoms with Crippen LogP contribution in [0.25, 0.3) is 11.2 Å². The van der Waals surface area contributed by atoms with E-state index in [0.717, 1.165) is 29.0 Å². The number of hydrogen-bond donors (Lipinski definition) is 1. The maximum Gasteiger partial charge on any atom is 0.246 e. The molecular weight excluding hydrogens is 316 g/mol. The van der Waals surface area contributed by atoms with Gasteiger partial charge in [0.1, 0.15) is 6.10 Å². The van der Waals surface area contributed by atoms with Crippen LogP contribution >= 0.6 is 0 Å². The van der Waals surface area contributed by atoms with Gasteiger partial charge in [-0.2, -0.15) is 0 Å². The molecule has 0 bridgehead atoms. The zero-order valence-corrected chi connectivity index (χ0v) is 14.6. The number of amides is 1. The molecule has 0 aromatic carbocycles. The van der Waals surface area contributed by atoms with Gasteiger partial charge in [0.15, 0.2) is 5.65 Å². The van der Waals surface area contributed by atoms with Gasteiger partial charge in [-0.05, 0) is 18.4 Å². The molecular formula is C19H24N4O2. The fraction of sp³-hybridized carbons (Fsp3) is 0.526. The molecule has 132 valence electrons. The molecule has 2 N–H and O–H groups in total. The predicted octanol–water partition coefficient (Wildman–Crippen LogP) is 2.61. The van der Waals surface area contributed by atoms with E-state index in [1.165, 1.54) is 44.9 Å². The molecule has 4 rings (SSSR count). The molecule has 2 heterocycles. The first-order chi connectivity index (χ1) is 12.2. The quantitative estimate of drug-likeness (QED) is 0.907. The molecule has 6 heteroatoms. The van der Waals surface area contributed by atoms with E-state index in [1.807, 2.05) is 6.20 Å². The fourth-order valence-corrected chi connectivity index (χ4v) is 4.10. The SMILES string of the molecule is COC(CC1=CCc2ncc3nc(C4CCCCC4)cn3c21)C(N)=O. The molecule has 2 aromatic rings. The number of rotatable bonds is 5. The van der Waals surface area contributed by atoms with Gasteiger partial charge in [-0.1, -0.05) is 25.3 Å². The third kappa shape index (κ3) is 2.95. The highest BCUT2D eigenvalue weighted by molar-refractivity contribution is 5.83. The molecule has 1 atom stereocenters. The molecule has 2 aliphatic carbocycles. The Labute approximate surface area is 147 Å². The van der Waals surface area contributed by atoms with Crippen LogP contribution in [0.1, 0.15) is 61.5 Å². The zero-order chi connectivity index (χ0) is 17.4. The molecule has 2 aromatic heterocycles. The van der Waals surface area contributed by atoms with Gasteiger partial charge in [-0.3, -0.25) is 14.2 Å². The van der Waals surface area contributed by atoms with Crippen LogP contribution in [0.2, 0.25) is 0 Å². The largest absolute Gasteiger partial charge is 0.371 e. The molecule has 0 saturated heterocycles. The van der Waals surface area contributed by atoms with Crippen molar-refractivity contribution in [1.82, 2.24) is 14.4 Å². The summed E-state index contributed by atoms with van der Waals surface area (Å²) >= 11 is 0. The number of ether oxygens (including phenoxy) is 1. The summed E-state index contributed by atoms with van der Waals surface area (Å²) in [6, 6.07) is 0. The highest BCUT2D eigenvalue weighted by Crippen LogP contribution is 2.35. The van der Waals surface area contributed by atoms with Crippen LogP contribution in [0.5, 0.6) is 0 Å². The molecule has 1 saturated carbocycles.